The molecule has 0 N–H and O–H groups in total. The third kappa shape index (κ3) is 0.863. The first-order valence-corrected chi connectivity index (χ1v) is 3.69. The molecule has 3 heteroatoms. The fraction of sp³-hybridized carbons (Fsp3) is 0.222. The molecule has 0 saturated carbocycles. The second-order valence-corrected chi connectivity index (χ2v) is 2.61. The molecule has 12 heavy (non-hydrogen) atoms. The fourth-order valence-corrected chi connectivity index (χ4v) is 1.22. The van der Waals surface area contributed by atoms with Gasteiger partial charge in [-0.25, -0.2) is 4.98 Å². The molecular formula is C9H9NO2. The van der Waals surface area contributed by atoms with Crippen molar-refractivity contribution in [1.29, 1.82) is 0 Å². The molecule has 3 nitrogen and oxygen atoms in total. The van der Waals surface area contributed by atoms with Gasteiger partial charge in [-0.1, -0.05) is 6.07 Å². The van der Waals surface area contributed by atoms with Gasteiger partial charge in [0, 0.05) is 0 Å². The lowest BCUT2D eigenvalue weighted by atomic mass is 10.2. The monoisotopic (exact) mass is 163 g/mol. The predicted molar refractivity (Wildman–Crippen MR) is 45.3 cm³/mol. The SMILES string of the molecule is COc1ccc(C)c2ocnc12. The largest absolute Gasteiger partial charge is 0.494 e. The van der Waals surface area contributed by atoms with Crippen LogP contribution >= 0.6 is 0 Å². The van der Waals surface area contributed by atoms with Gasteiger partial charge < -0.3 is 9.15 Å². The van der Waals surface area contributed by atoms with Crippen LogP contribution in [0.3, 0.4) is 0 Å². The van der Waals surface area contributed by atoms with Gasteiger partial charge in [0.05, 0.1) is 7.11 Å². The maximum absolute atomic E-state index is 5.20. The zero-order chi connectivity index (χ0) is 8.55. The van der Waals surface area contributed by atoms with Crippen LogP contribution in [0.2, 0.25) is 0 Å². The Hall–Kier alpha value is -1.51. The lowest BCUT2D eigenvalue weighted by Crippen LogP contribution is -1.84. The van der Waals surface area contributed by atoms with E-state index in [4.69, 9.17) is 9.15 Å². The van der Waals surface area contributed by atoms with E-state index in [0.29, 0.717) is 0 Å². The number of fused-ring (bicyclic) bond motifs is 1. The first-order chi connectivity index (χ1) is 5.83. The number of hydrogen-bond acceptors (Lipinski definition) is 3. The Balaban J connectivity index is 2.82. The first-order valence-electron chi connectivity index (χ1n) is 3.69. The van der Waals surface area contributed by atoms with Crippen LogP contribution in [0.25, 0.3) is 11.1 Å². The van der Waals surface area contributed by atoms with Crippen LogP contribution in [0.15, 0.2) is 22.9 Å². The van der Waals surface area contributed by atoms with Crippen molar-refractivity contribution in [2.45, 2.75) is 6.92 Å². The first kappa shape index (κ1) is 7.16. The van der Waals surface area contributed by atoms with Crippen LogP contribution < -0.4 is 4.74 Å². The molecule has 0 spiro atoms. The molecule has 0 fully saturated rings. The molecule has 0 aliphatic carbocycles. The molecule has 0 saturated heterocycles. The number of methoxy groups -OCH3 is 1. The van der Waals surface area contributed by atoms with E-state index in [-0.39, 0.29) is 0 Å². The van der Waals surface area contributed by atoms with Crippen molar-refractivity contribution in [2.24, 2.45) is 0 Å². The summed E-state index contributed by atoms with van der Waals surface area (Å²) in [5.74, 6) is 0.754. The number of rotatable bonds is 1. The zero-order valence-corrected chi connectivity index (χ0v) is 7.00. The van der Waals surface area contributed by atoms with Gasteiger partial charge in [0.15, 0.2) is 17.5 Å². The van der Waals surface area contributed by atoms with Gasteiger partial charge in [-0.15, -0.1) is 0 Å². The lowest BCUT2D eigenvalue weighted by molar-refractivity contribution is 0.419. The highest BCUT2D eigenvalue weighted by Crippen LogP contribution is 2.26. The molecular weight excluding hydrogens is 154 g/mol. The maximum atomic E-state index is 5.20. The quantitative estimate of drug-likeness (QED) is 0.646. The Morgan fingerprint density at radius 3 is 3.00 bits per heavy atom. The van der Waals surface area contributed by atoms with E-state index in [2.05, 4.69) is 4.98 Å². The van der Waals surface area contributed by atoms with Gasteiger partial charge in [0.2, 0.25) is 0 Å². The van der Waals surface area contributed by atoms with E-state index in [1.54, 1.807) is 7.11 Å². The molecule has 2 rings (SSSR count). The summed E-state index contributed by atoms with van der Waals surface area (Å²) in [5, 5.41) is 0. The highest BCUT2D eigenvalue weighted by molar-refractivity contribution is 5.82. The summed E-state index contributed by atoms with van der Waals surface area (Å²) in [7, 11) is 1.62. The van der Waals surface area contributed by atoms with Crippen molar-refractivity contribution in [3.8, 4) is 5.75 Å². The number of aryl methyl sites for hydroxylation is 1. The predicted octanol–water partition coefficient (Wildman–Crippen LogP) is 2.14. The second-order valence-electron chi connectivity index (χ2n) is 2.61. The number of nitrogens with zero attached hydrogens (tertiary/aromatic N) is 1. The van der Waals surface area contributed by atoms with Gasteiger partial charge in [0.1, 0.15) is 5.75 Å². The number of ether oxygens (including phenoxy) is 1. The van der Waals surface area contributed by atoms with Gasteiger partial charge >= 0.3 is 0 Å². The van der Waals surface area contributed by atoms with Crippen molar-refractivity contribution in [2.75, 3.05) is 7.11 Å². The van der Waals surface area contributed by atoms with Crippen LogP contribution in [0.4, 0.5) is 0 Å². The van der Waals surface area contributed by atoms with Crippen molar-refractivity contribution >= 4 is 11.1 Å². The summed E-state index contributed by atoms with van der Waals surface area (Å²) in [5.41, 5.74) is 2.66. The van der Waals surface area contributed by atoms with Crippen LogP contribution in [0.1, 0.15) is 5.56 Å². The summed E-state index contributed by atoms with van der Waals surface area (Å²) in [6.07, 6.45) is 1.43. The molecule has 0 unspecified atom stereocenters. The molecule has 0 bridgehead atoms. The summed E-state index contributed by atoms with van der Waals surface area (Å²) in [4.78, 5) is 4.06. The number of hydrogen-bond donors (Lipinski definition) is 0. The maximum Gasteiger partial charge on any atom is 0.182 e. The van der Waals surface area contributed by atoms with Gasteiger partial charge in [-0.2, -0.15) is 0 Å². The van der Waals surface area contributed by atoms with Crippen LogP contribution in [-0.2, 0) is 0 Å². The molecule has 0 atom stereocenters. The van der Waals surface area contributed by atoms with Crippen molar-refractivity contribution < 1.29 is 9.15 Å². The molecule has 2 aromatic rings. The van der Waals surface area contributed by atoms with Gasteiger partial charge in [-0.3, -0.25) is 0 Å². The molecule has 0 radical (unpaired) electrons. The number of oxazole rings is 1. The summed E-state index contributed by atoms with van der Waals surface area (Å²) in [6, 6.07) is 3.84. The Labute approximate surface area is 70.0 Å². The van der Waals surface area contributed by atoms with Gasteiger partial charge in [-0.05, 0) is 18.6 Å². The Morgan fingerprint density at radius 2 is 2.25 bits per heavy atom. The third-order valence-electron chi connectivity index (χ3n) is 1.86. The lowest BCUT2D eigenvalue weighted by Gasteiger charge is -2.00. The Morgan fingerprint density at radius 1 is 1.42 bits per heavy atom. The summed E-state index contributed by atoms with van der Waals surface area (Å²) < 4.78 is 10.3. The minimum absolute atomic E-state index is 0.754. The zero-order valence-electron chi connectivity index (χ0n) is 7.00. The van der Waals surface area contributed by atoms with Crippen molar-refractivity contribution in [1.82, 2.24) is 4.98 Å². The van der Waals surface area contributed by atoms with Crippen LogP contribution in [-0.4, -0.2) is 12.1 Å². The minimum atomic E-state index is 0.754. The molecule has 1 heterocycles. The standard InChI is InChI=1S/C9H9NO2/c1-6-3-4-7(11-2)8-9(6)12-5-10-8/h3-5H,1-2H3. The van der Waals surface area contributed by atoms with Crippen LogP contribution in [0, 0.1) is 6.92 Å². The third-order valence-corrected chi connectivity index (χ3v) is 1.86. The molecule has 0 amide bonds. The molecule has 0 aliphatic rings. The smallest absolute Gasteiger partial charge is 0.182 e. The second kappa shape index (κ2) is 2.52. The van der Waals surface area contributed by atoms with Gasteiger partial charge in [0.25, 0.3) is 0 Å². The average molecular weight is 163 g/mol. The Kier molecular flexibility index (Phi) is 1.50. The van der Waals surface area contributed by atoms with E-state index in [1.165, 1.54) is 6.39 Å². The highest BCUT2D eigenvalue weighted by atomic mass is 16.5. The van der Waals surface area contributed by atoms with E-state index < -0.39 is 0 Å². The number of aromatic nitrogens is 1. The van der Waals surface area contributed by atoms with E-state index >= 15 is 0 Å². The van der Waals surface area contributed by atoms with E-state index in [9.17, 15) is 0 Å². The summed E-state index contributed by atoms with van der Waals surface area (Å²) in [6.45, 7) is 1.98. The molecule has 0 aliphatic heterocycles. The minimum Gasteiger partial charge on any atom is -0.494 e. The molecule has 1 aromatic carbocycles. The topological polar surface area (TPSA) is 35.3 Å². The average Bonchev–Trinajstić information content (AvgIpc) is 2.54. The molecule has 1 aromatic heterocycles. The molecule has 62 valence electrons. The van der Waals surface area contributed by atoms with E-state index in [0.717, 1.165) is 22.4 Å². The van der Waals surface area contributed by atoms with E-state index in [1.807, 2.05) is 19.1 Å². The van der Waals surface area contributed by atoms with Crippen molar-refractivity contribution in [3.05, 3.63) is 24.1 Å². The highest BCUT2D eigenvalue weighted by Gasteiger charge is 2.06. The Bertz CT molecular complexity index is 406. The number of benzene rings is 1. The van der Waals surface area contributed by atoms with Crippen molar-refractivity contribution in [3.63, 3.8) is 0 Å². The summed E-state index contributed by atoms with van der Waals surface area (Å²) >= 11 is 0. The van der Waals surface area contributed by atoms with Crippen LogP contribution in [0.5, 0.6) is 5.75 Å². The normalized spacial score (nSPS) is 10.5. The fourth-order valence-electron chi connectivity index (χ4n) is 1.22.